The molecule has 0 aromatic carbocycles. The quantitative estimate of drug-likeness (QED) is 0.145. The number of rotatable bonds is 9. The number of allylic oxidation sites excluding steroid dienone is 5. The number of nitrogens with one attached hydrogen (secondary N) is 2. The van der Waals surface area contributed by atoms with Crippen LogP contribution in [0.4, 0.5) is 0 Å². The van der Waals surface area contributed by atoms with Crippen molar-refractivity contribution >= 4 is 68.7 Å². The van der Waals surface area contributed by atoms with Crippen LogP contribution in [-0.4, -0.2) is 75.5 Å². The van der Waals surface area contributed by atoms with E-state index in [9.17, 15) is 29.4 Å². The van der Waals surface area contributed by atoms with Crippen LogP contribution in [0.3, 0.4) is 0 Å². The fourth-order valence-electron chi connectivity index (χ4n) is 7.81. The zero-order valence-electron chi connectivity index (χ0n) is 31.5. The Morgan fingerprint density at radius 2 is 1.46 bits per heavy atom. The largest absolute Gasteiger partial charge is 0.481 e. The van der Waals surface area contributed by atoms with Gasteiger partial charge < -0.3 is 34.8 Å². The maximum absolute atomic E-state index is 13.7. The van der Waals surface area contributed by atoms with Crippen molar-refractivity contribution < 1.29 is 44.0 Å². The van der Waals surface area contributed by atoms with Crippen molar-refractivity contribution in [3.63, 3.8) is 0 Å². The van der Waals surface area contributed by atoms with Gasteiger partial charge in [-0.25, -0.2) is 9.78 Å². The van der Waals surface area contributed by atoms with Gasteiger partial charge in [-0.15, -0.1) is 0 Å². The van der Waals surface area contributed by atoms with Crippen LogP contribution < -0.4 is 0 Å². The monoisotopic (exact) mass is 735 g/mol. The van der Waals surface area contributed by atoms with Crippen LogP contribution in [0.2, 0.25) is 0 Å². The predicted octanol–water partition coefficient (Wildman–Crippen LogP) is 6.84. The Hall–Kier alpha value is -6.01. The van der Waals surface area contributed by atoms with E-state index in [1.807, 2.05) is 64.1 Å². The number of aliphatic hydroxyl groups excluding tert-OH is 1. The summed E-state index contributed by atoms with van der Waals surface area (Å²) >= 11 is 0. The molecule has 282 valence electrons. The molecule has 0 saturated heterocycles. The number of aromatic nitrogens is 3. The van der Waals surface area contributed by atoms with Gasteiger partial charge in [-0.3, -0.25) is 14.4 Å². The highest BCUT2D eigenvalue weighted by Gasteiger charge is 2.52. The molecular formula is C42H45N3O9. The second-order valence-electron chi connectivity index (χ2n) is 13.5. The number of fused-ring (bicyclic) bond motifs is 11. The molecule has 0 radical (unpaired) electrons. The lowest BCUT2D eigenvalue weighted by atomic mass is 9.64. The molecule has 0 spiro atoms. The van der Waals surface area contributed by atoms with Gasteiger partial charge in [-0.05, 0) is 102 Å². The maximum atomic E-state index is 13.7. The molecule has 0 amide bonds. The maximum Gasteiger partial charge on any atom is 0.334 e. The van der Waals surface area contributed by atoms with E-state index in [2.05, 4.69) is 16.5 Å². The summed E-state index contributed by atoms with van der Waals surface area (Å²) in [6.07, 6.45) is 5.50. The van der Waals surface area contributed by atoms with Crippen molar-refractivity contribution in [2.24, 2.45) is 5.92 Å². The fraction of sp³-hybridized carbons (Fsp3) is 0.310. The predicted molar refractivity (Wildman–Crippen MR) is 207 cm³/mol. The smallest absolute Gasteiger partial charge is 0.334 e. The number of carbonyl (C=O) groups excluding carboxylic acids is 2. The molecule has 6 rings (SSSR count). The highest BCUT2D eigenvalue weighted by Crippen LogP contribution is 2.54. The van der Waals surface area contributed by atoms with E-state index in [1.54, 1.807) is 12.2 Å². The molecule has 4 heterocycles. The third-order valence-corrected chi connectivity index (χ3v) is 10.7. The first-order chi connectivity index (χ1) is 25.7. The molecule has 0 unspecified atom stereocenters. The summed E-state index contributed by atoms with van der Waals surface area (Å²) in [4.78, 5) is 62.3. The first kappa shape index (κ1) is 39.2. The van der Waals surface area contributed by atoms with Gasteiger partial charge >= 0.3 is 23.9 Å². The van der Waals surface area contributed by atoms with E-state index in [0.29, 0.717) is 28.0 Å². The first-order valence-corrected chi connectivity index (χ1v) is 17.4. The van der Waals surface area contributed by atoms with Crippen LogP contribution >= 0.6 is 0 Å². The van der Waals surface area contributed by atoms with Crippen LogP contribution in [0.25, 0.3) is 44.9 Å². The van der Waals surface area contributed by atoms with Gasteiger partial charge in [0, 0.05) is 53.0 Å². The number of H-pyrrole nitrogens is 2. The summed E-state index contributed by atoms with van der Waals surface area (Å²) in [7, 11) is 3.56. The van der Waals surface area contributed by atoms with Crippen LogP contribution in [-0.2, 0) is 40.5 Å². The minimum absolute atomic E-state index is 0.0926. The van der Waals surface area contributed by atoms with Gasteiger partial charge in [0.1, 0.15) is 5.92 Å². The number of ether oxygens (including phenoxy) is 2. The molecule has 12 nitrogen and oxygen atoms in total. The van der Waals surface area contributed by atoms with E-state index < -0.39 is 35.2 Å². The summed E-state index contributed by atoms with van der Waals surface area (Å²) < 4.78 is 10.4. The summed E-state index contributed by atoms with van der Waals surface area (Å²) in [6.45, 7) is 11.8. The highest BCUT2D eigenvalue weighted by molar-refractivity contribution is 6.02. The molecule has 2 aliphatic carbocycles. The molecule has 3 aliphatic rings. The number of carboxylic acid groups (broad SMARTS) is 2. The molecule has 8 bridgehead atoms. The molecule has 5 N–H and O–H groups in total. The molecule has 12 heteroatoms. The summed E-state index contributed by atoms with van der Waals surface area (Å²) in [5.41, 5.74) is 10.5. The molecule has 54 heavy (non-hydrogen) atoms. The van der Waals surface area contributed by atoms with Crippen molar-refractivity contribution in [3.05, 3.63) is 99.4 Å². The first-order valence-electron chi connectivity index (χ1n) is 17.4. The van der Waals surface area contributed by atoms with E-state index in [0.717, 1.165) is 62.7 Å². The molecule has 0 saturated carbocycles. The Labute approximate surface area is 312 Å². The molecular weight excluding hydrogens is 690 g/mol. The number of hydrogen-bond acceptors (Lipinski definition) is 8. The SMILES string of the molecule is C=Cc1c(C)c2cc3cc(cc4[nH]c(cc5nc(cc1[nH]2)C(C)=C5CCC(=O)O)c(CCC(=O)O)c4C)[C@@]1(C)C3=CC=C(C(=O)OC)[C@H]1C(=O)OC.CO. The summed E-state index contributed by atoms with van der Waals surface area (Å²) in [5, 5.41) is 26.2. The second-order valence-corrected chi connectivity index (χ2v) is 13.5. The number of carbonyl (C=O) groups is 4. The van der Waals surface area contributed by atoms with Gasteiger partial charge in [0.05, 0.1) is 31.2 Å². The number of aliphatic carboxylic acids is 2. The van der Waals surface area contributed by atoms with Gasteiger partial charge in [0.2, 0.25) is 0 Å². The zero-order valence-corrected chi connectivity index (χ0v) is 31.5. The number of aryl methyl sites for hydroxylation is 3. The standard InChI is InChI=1S/C41H41N3O8.CH4O/c1-8-25-20(2)30-16-23-15-24(41(5)29(23)12-9-28(39(49)51-6)38(41)40(50)52-7)17-31-21(3)26(10-13-36(45)46)34(43-31)19-35-27(11-14-37(47)48)22(4)32(44-35)18-33(25)42-30;1-2/h8-9,12,15-19,38,42-43H,1,10-11,13-14H2,2-7H3,(H,45,46)(H,47,48);2H,1H3/t38-,41-;/m0./s1. The number of aliphatic hydroxyl groups is 1. The Morgan fingerprint density at radius 3 is 2.09 bits per heavy atom. The van der Waals surface area contributed by atoms with Crippen molar-refractivity contribution in [1.82, 2.24) is 15.0 Å². The van der Waals surface area contributed by atoms with Gasteiger partial charge in [-0.2, -0.15) is 0 Å². The lowest BCUT2D eigenvalue weighted by Gasteiger charge is -2.38. The molecule has 2 atom stereocenters. The average molecular weight is 736 g/mol. The number of nitrogens with zero attached hydrogens (tertiary/aromatic N) is 1. The third-order valence-electron chi connectivity index (χ3n) is 10.7. The highest BCUT2D eigenvalue weighted by atomic mass is 16.5. The minimum atomic E-state index is -1.08. The van der Waals surface area contributed by atoms with E-state index in [1.165, 1.54) is 14.2 Å². The van der Waals surface area contributed by atoms with Crippen LogP contribution in [0.1, 0.15) is 77.9 Å². The average Bonchev–Trinajstić information content (AvgIpc) is 3.80. The number of methoxy groups -OCH3 is 2. The Balaban J connectivity index is 0.00000276. The van der Waals surface area contributed by atoms with Crippen molar-refractivity contribution in [2.45, 2.75) is 58.8 Å². The summed E-state index contributed by atoms with van der Waals surface area (Å²) in [6, 6.07) is 9.72. The second kappa shape index (κ2) is 15.5. The van der Waals surface area contributed by atoms with Crippen molar-refractivity contribution in [1.29, 1.82) is 0 Å². The van der Waals surface area contributed by atoms with E-state index >= 15 is 0 Å². The molecule has 1 aliphatic heterocycles. The molecule has 0 fully saturated rings. The number of carboxylic acids is 2. The normalized spacial score (nSPS) is 17.4. The number of hydrogen-bond donors (Lipinski definition) is 5. The van der Waals surface area contributed by atoms with Gasteiger partial charge in [0.25, 0.3) is 0 Å². The van der Waals surface area contributed by atoms with E-state index in [4.69, 9.17) is 19.6 Å². The van der Waals surface area contributed by atoms with Crippen LogP contribution in [0.5, 0.6) is 0 Å². The topological polar surface area (TPSA) is 192 Å². The number of aromatic amines is 2. The van der Waals surface area contributed by atoms with Crippen molar-refractivity contribution in [3.8, 4) is 0 Å². The third kappa shape index (κ3) is 6.80. The lowest BCUT2D eigenvalue weighted by molar-refractivity contribution is -0.149. The fourth-order valence-corrected chi connectivity index (χ4v) is 7.81. The zero-order chi connectivity index (χ0) is 39.6. The lowest BCUT2D eigenvalue weighted by Crippen LogP contribution is -2.42. The Kier molecular flexibility index (Phi) is 11.3. The Morgan fingerprint density at radius 1 is 0.833 bits per heavy atom. The summed E-state index contributed by atoms with van der Waals surface area (Å²) in [5.74, 6) is -4.16. The Bertz CT molecular complexity index is 2350. The molecule has 3 aromatic heterocycles. The van der Waals surface area contributed by atoms with Crippen LogP contribution in [0, 0.1) is 19.8 Å². The molecule has 3 aromatic rings. The van der Waals surface area contributed by atoms with Crippen LogP contribution in [0.15, 0.2) is 54.6 Å². The minimum Gasteiger partial charge on any atom is -0.481 e. The van der Waals surface area contributed by atoms with Gasteiger partial charge in [-0.1, -0.05) is 37.8 Å². The van der Waals surface area contributed by atoms with Gasteiger partial charge in [0.15, 0.2) is 0 Å². The van der Waals surface area contributed by atoms with E-state index in [-0.39, 0.29) is 31.3 Å². The number of esters is 2. The van der Waals surface area contributed by atoms with Crippen molar-refractivity contribution in [2.75, 3.05) is 21.3 Å².